The second kappa shape index (κ2) is 6.34. The highest BCUT2D eigenvalue weighted by Gasteiger charge is 2.40. The number of rotatable bonds is 4. The van der Waals surface area contributed by atoms with Crippen molar-refractivity contribution in [3.05, 3.63) is 22.4 Å². The average Bonchev–Trinajstić information content (AvgIpc) is 3.20. The Kier molecular flexibility index (Phi) is 4.27. The van der Waals surface area contributed by atoms with Crippen LogP contribution in [0.2, 0.25) is 0 Å². The number of ether oxygens (including phenoxy) is 2. The number of fused-ring (bicyclic) bond motifs is 1. The smallest absolute Gasteiger partial charge is 0.0870 e. The number of nitrogens with zero attached hydrogens (tertiary/aromatic N) is 2. The third-order valence-electron chi connectivity index (χ3n) is 4.91. The second-order valence-corrected chi connectivity index (χ2v) is 7.41. The Morgan fingerprint density at radius 1 is 1.24 bits per heavy atom. The molecule has 0 bridgehead atoms. The minimum atomic E-state index is 0.389. The Hall–Kier alpha value is -0.460. The molecule has 4 rings (SSSR count). The maximum absolute atomic E-state index is 6.03. The number of thiophene rings is 1. The van der Waals surface area contributed by atoms with Gasteiger partial charge in [0.25, 0.3) is 0 Å². The molecule has 0 spiro atoms. The van der Waals surface area contributed by atoms with E-state index in [1.54, 1.807) is 0 Å². The van der Waals surface area contributed by atoms with Crippen LogP contribution in [0.15, 0.2) is 17.5 Å². The third kappa shape index (κ3) is 3.17. The molecule has 3 atom stereocenters. The zero-order chi connectivity index (χ0) is 14.1. The molecule has 0 radical (unpaired) electrons. The number of morpholine rings is 1. The monoisotopic (exact) mass is 308 g/mol. The molecule has 3 aliphatic rings. The summed E-state index contributed by atoms with van der Waals surface area (Å²) < 4.78 is 11.8. The molecule has 1 aromatic heterocycles. The van der Waals surface area contributed by atoms with Crippen molar-refractivity contribution in [2.75, 3.05) is 39.4 Å². The van der Waals surface area contributed by atoms with Gasteiger partial charge in [-0.05, 0) is 24.3 Å². The van der Waals surface area contributed by atoms with Gasteiger partial charge in [0.1, 0.15) is 0 Å². The van der Waals surface area contributed by atoms with E-state index in [0.29, 0.717) is 18.2 Å². The maximum atomic E-state index is 6.03. The molecule has 0 aromatic carbocycles. The highest BCUT2D eigenvalue weighted by atomic mass is 32.1. The fourth-order valence-corrected chi connectivity index (χ4v) is 4.61. The van der Waals surface area contributed by atoms with E-state index >= 15 is 0 Å². The molecule has 4 nitrogen and oxygen atoms in total. The van der Waals surface area contributed by atoms with Crippen molar-refractivity contribution < 1.29 is 9.47 Å². The van der Waals surface area contributed by atoms with Crippen LogP contribution in [0.3, 0.4) is 0 Å². The summed E-state index contributed by atoms with van der Waals surface area (Å²) in [4.78, 5) is 6.63. The van der Waals surface area contributed by atoms with E-state index in [2.05, 4.69) is 27.3 Å². The van der Waals surface area contributed by atoms with Crippen LogP contribution in [0.4, 0.5) is 0 Å². The molecule has 21 heavy (non-hydrogen) atoms. The summed E-state index contributed by atoms with van der Waals surface area (Å²) in [5.74, 6) is 0. The topological polar surface area (TPSA) is 24.9 Å². The first-order valence-electron chi connectivity index (χ1n) is 8.10. The first kappa shape index (κ1) is 14.2. The summed E-state index contributed by atoms with van der Waals surface area (Å²) in [7, 11) is 0. The number of hydrogen-bond donors (Lipinski definition) is 0. The first-order valence-corrected chi connectivity index (χ1v) is 8.98. The average molecular weight is 308 g/mol. The highest BCUT2D eigenvalue weighted by molar-refractivity contribution is 7.09. The van der Waals surface area contributed by atoms with Gasteiger partial charge in [0.2, 0.25) is 0 Å². The lowest BCUT2D eigenvalue weighted by molar-refractivity contribution is -0.0615. The standard InChI is InChI=1S/C16H24N2O2S/c1-3-13(19-6-1)9-18-5-7-20-16-12-17(11-15(16)18)10-14-4-2-8-21-14/h2,4,8,13,15-16H,1,3,5-7,9-12H2/t13-,15-,16+/m1/s1. The van der Waals surface area contributed by atoms with Gasteiger partial charge in [-0.2, -0.15) is 0 Å². The number of hydrogen-bond acceptors (Lipinski definition) is 5. The fourth-order valence-electron chi connectivity index (χ4n) is 3.86. The summed E-state index contributed by atoms with van der Waals surface area (Å²) in [6, 6.07) is 4.93. The maximum Gasteiger partial charge on any atom is 0.0870 e. The zero-order valence-electron chi connectivity index (χ0n) is 12.4. The summed E-state index contributed by atoms with van der Waals surface area (Å²) in [5, 5.41) is 2.17. The molecule has 0 N–H and O–H groups in total. The molecule has 3 aliphatic heterocycles. The van der Waals surface area contributed by atoms with Crippen LogP contribution in [-0.2, 0) is 16.0 Å². The van der Waals surface area contributed by atoms with Crippen molar-refractivity contribution >= 4 is 11.3 Å². The van der Waals surface area contributed by atoms with Gasteiger partial charge in [0.15, 0.2) is 0 Å². The first-order chi connectivity index (χ1) is 10.4. The quantitative estimate of drug-likeness (QED) is 0.847. The molecule has 3 saturated heterocycles. The van der Waals surface area contributed by atoms with Crippen LogP contribution in [-0.4, -0.2) is 67.4 Å². The molecular weight excluding hydrogens is 284 g/mol. The van der Waals surface area contributed by atoms with Crippen LogP contribution in [0.1, 0.15) is 17.7 Å². The molecule has 0 amide bonds. The molecule has 4 heterocycles. The predicted octanol–water partition coefficient (Wildman–Crippen LogP) is 1.81. The van der Waals surface area contributed by atoms with E-state index in [1.807, 2.05) is 11.3 Å². The van der Waals surface area contributed by atoms with Crippen LogP contribution >= 0.6 is 11.3 Å². The van der Waals surface area contributed by atoms with Gasteiger partial charge in [-0.25, -0.2) is 0 Å². The molecule has 116 valence electrons. The van der Waals surface area contributed by atoms with Gasteiger partial charge in [-0.3, -0.25) is 9.80 Å². The molecule has 0 saturated carbocycles. The SMILES string of the molecule is c1csc(CN2C[C@@H]3OCCN(C[C@H]4CCCO4)[C@@H]3C2)c1. The lowest BCUT2D eigenvalue weighted by atomic mass is 10.1. The minimum absolute atomic E-state index is 0.389. The lowest BCUT2D eigenvalue weighted by Gasteiger charge is -2.38. The van der Waals surface area contributed by atoms with Crippen molar-refractivity contribution in [1.29, 1.82) is 0 Å². The summed E-state index contributed by atoms with van der Waals surface area (Å²) in [5.41, 5.74) is 0. The van der Waals surface area contributed by atoms with Crippen molar-refractivity contribution in [2.24, 2.45) is 0 Å². The van der Waals surface area contributed by atoms with E-state index in [4.69, 9.17) is 9.47 Å². The van der Waals surface area contributed by atoms with Gasteiger partial charge < -0.3 is 9.47 Å². The molecular formula is C16H24N2O2S. The zero-order valence-corrected chi connectivity index (χ0v) is 13.3. The largest absolute Gasteiger partial charge is 0.377 e. The summed E-state index contributed by atoms with van der Waals surface area (Å²) in [6.07, 6.45) is 3.30. The summed E-state index contributed by atoms with van der Waals surface area (Å²) >= 11 is 1.85. The van der Waals surface area contributed by atoms with E-state index in [9.17, 15) is 0 Å². The van der Waals surface area contributed by atoms with Crippen molar-refractivity contribution in [1.82, 2.24) is 9.80 Å². The van der Waals surface area contributed by atoms with E-state index in [1.165, 1.54) is 17.7 Å². The third-order valence-corrected chi connectivity index (χ3v) is 5.77. The van der Waals surface area contributed by atoms with Crippen molar-refractivity contribution in [3.8, 4) is 0 Å². The van der Waals surface area contributed by atoms with Crippen LogP contribution in [0.5, 0.6) is 0 Å². The second-order valence-electron chi connectivity index (χ2n) is 6.38. The van der Waals surface area contributed by atoms with E-state index in [-0.39, 0.29) is 0 Å². The Bertz CT molecular complexity index is 447. The molecule has 3 fully saturated rings. The van der Waals surface area contributed by atoms with Gasteiger partial charge in [-0.1, -0.05) is 6.07 Å². The Morgan fingerprint density at radius 2 is 2.24 bits per heavy atom. The predicted molar refractivity (Wildman–Crippen MR) is 83.7 cm³/mol. The minimum Gasteiger partial charge on any atom is -0.377 e. The van der Waals surface area contributed by atoms with Gasteiger partial charge in [0.05, 0.1) is 18.8 Å². The molecule has 5 heteroatoms. The van der Waals surface area contributed by atoms with E-state index < -0.39 is 0 Å². The Labute approximate surface area is 130 Å². The molecule has 1 aromatic rings. The molecule has 0 unspecified atom stereocenters. The summed E-state index contributed by atoms with van der Waals surface area (Å²) in [6.45, 7) is 7.27. The van der Waals surface area contributed by atoms with Crippen molar-refractivity contribution in [2.45, 2.75) is 37.6 Å². The Balaban J connectivity index is 1.37. The van der Waals surface area contributed by atoms with Crippen LogP contribution in [0, 0.1) is 0 Å². The fraction of sp³-hybridized carbons (Fsp3) is 0.750. The van der Waals surface area contributed by atoms with Gasteiger partial charge in [0, 0.05) is 50.2 Å². The number of likely N-dealkylation sites (tertiary alicyclic amines) is 1. The Morgan fingerprint density at radius 3 is 3.05 bits per heavy atom. The highest BCUT2D eigenvalue weighted by Crippen LogP contribution is 2.26. The van der Waals surface area contributed by atoms with E-state index in [0.717, 1.165) is 45.9 Å². The molecule has 0 aliphatic carbocycles. The normalized spacial score (nSPS) is 34.4. The van der Waals surface area contributed by atoms with Crippen molar-refractivity contribution in [3.63, 3.8) is 0 Å². The lowest BCUT2D eigenvalue weighted by Crippen LogP contribution is -2.52. The van der Waals surface area contributed by atoms with Crippen LogP contribution < -0.4 is 0 Å². The van der Waals surface area contributed by atoms with Crippen LogP contribution in [0.25, 0.3) is 0 Å². The van der Waals surface area contributed by atoms with Gasteiger partial charge >= 0.3 is 0 Å². The van der Waals surface area contributed by atoms with Gasteiger partial charge in [-0.15, -0.1) is 11.3 Å².